The second kappa shape index (κ2) is 3.05. The lowest BCUT2D eigenvalue weighted by Crippen LogP contribution is -2.31. The summed E-state index contributed by atoms with van der Waals surface area (Å²) in [4.78, 5) is 12.2. The Kier molecular flexibility index (Phi) is 1.86. The third kappa shape index (κ3) is 1.08. The van der Waals surface area contributed by atoms with Gasteiger partial charge in [0.25, 0.3) is 0 Å². The van der Waals surface area contributed by atoms with E-state index in [4.69, 9.17) is 0 Å². The fourth-order valence-electron chi connectivity index (χ4n) is 2.96. The smallest absolute Gasteiger partial charge is 0.189 e. The van der Waals surface area contributed by atoms with Gasteiger partial charge in [-0.05, 0) is 37.3 Å². The SMILES string of the molecule is CC1(O)C2=C(CCC2)C(=O)c2ccccc21. The van der Waals surface area contributed by atoms with Gasteiger partial charge in [-0.3, -0.25) is 4.79 Å². The predicted molar refractivity (Wildman–Crippen MR) is 61.2 cm³/mol. The van der Waals surface area contributed by atoms with Crippen molar-refractivity contribution in [1.29, 1.82) is 0 Å². The highest BCUT2D eigenvalue weighted by atomic mass is 16.3. The van der Waals surface area contributed by atoms with E-state index in [1.54, 1.807) is 6.92 Å². The molecule has 0 radical (unpaired) electrons. The average molecular weight is 214 g/mol. The average Bonchev–Trinajstić information content (AvgIpc) is 2.76. The maximum atomic E-state index is 12.2. The van der Waals surface area contributed by atoms with E-state index in [2.05, 4.69) is 0 Å². The van der Waals surface area contributed by atoms with E-state index in [0.29, 0.717) is 5.56 Å². The molecule has 2 heteroatoms. The summed E-state index contributed by atoms with van der Waals surface area (Å²) in [7, 11) is 0. The van der Waals surface area contributed by atoms with Crippen LogP contribution < -0.4 is 0 Å². The largest absolute Gasteiger partial charge is 0.381 e. The Labute approximate surface area is 94.6 Å². The molecule has 0 spiro atoms. The van der Waals surface area contributed by atoms with Crippen molar-refractivity contribution in [2.75, 3.05) is 0 Å². The Hall–Kier alpha value is -1.41. The molecule has 0 saturated carbocycles. The van der Waals surface area contributed by atoms with Crippen molar-refractivity contribution in [2.45, 2.75) is 31.8 Å². The number of benzene rings is 1. The van der Waals surface area contributed by atoms with Gasteiger partial charge in [-0.1, -0.05) is 24.3 Å². The number of carbonyl (C=O) groups is 1. The van der Waals surface area contributed by atoms with E-state index >= 15 is 0 Å². The Morgan fingerprint density at radius 3 is 2.81 bits per heavy atom. The summed E-state index contributed by atoms with van der Waals surface area (Å²) in [6.07, 6.45) is 2.65. The van der Waals surface area contributed by atoms with Crippen LogP contribution in [0.2, 0.25) is 0 Å². The van der Waals surface area contributed by atoms with E-state index in [9.17, 15) is 9.90 Å². The van der Waals surface area contributed by atoms with E-state index in [0.717, 1.165) is 36.0 Å². The van der Waals surface area contributed by atoms with Crippen LogP contribution in [0.1, 0.15) is 42.1 Å². The molecule has 1 unspecified atom stereocenters. The van der Waals surface area contributed by atoms with Crippen molar-refractivity contribution < 1.29 is 9.90 Å². The number of ketones is 1. The van der Waals surface area contributed by atoms with Gasteiger partial charge in [-0.25, -0.2) is 0 Å². The quantitative estimate of drug-likeness (QED) is 0.720. The van der Waals surface area contributed by atoms with E-state index in [1.165, 1.54) is 0 Å². The molecule has 0 aromatic heterocycles. The minimum absolute atomic E-state index is 0.120. The summed E-state index contributed by atoms with van der Waals surface area (Å²) in [5, 5.41) is 10.6. The highest BCUT2D eigenvalue weighted by Crippen LogP contribution is 2.45. The van der Waals surface area contributed by atoms with Crippen LogP contribution in [0.25, 0.3) is 0 Å². The van der Waals surface area contributed by atoms with Gasteiger partial charge < -0.3 is 5.11 Å². The molecule has 3 rings (SSSR count). The molecule has 0 fully saturated rings. The molecule has 1 N–H and O–H groups in total. The molecule has 1 atom stereocenters. The minimum atomic E-state index is -0.948. The molecular formula is C14H14O2. The van der Waals surface area contributed by atoms with Crippen molar-refractivity contribution in [3.63, 3.8) is 0 Å². The molecule has 2 aliphatic rings. The molecule has 0 heterocycles. The van der Waals surface area contributed by atoms with Crippen molar-refractivity contribution in [3.8, 4) is 0 Å². The fourth-order valence-corrected chi connectivity index (χ4v) is 2.96. The number of hydrogen-bond acceptors (Lipinski definition) is 2. The molecule has 82 valence electrons. The number of rotatable bonds is 0. The Morgan fingerprint density at radius 1 is 1.25 bits per heavy atom. The summed E-state index contributed by atoms with van der Waals surface area (Å²) in [6, 6.07) is 7.40. The van der Waals surface area contributed by atoms with Crippen LogP contribution >= 0.6 is 0 Å². The summed E-state index contributed by atoms with van der Waals surface area (Å²) >= 11 is 0. The van der Waals surface area contributed by atoms with Gasteiger partial charge in [0.15, 0.2) is 5.78 Å². The third-order valence-corrected chi connectivity index (χ3v) is 3.78. The zero-order chi connectivity index (χ0) is 11.3. The summed E-state index contributed by atoms with van der Waals surface area (Å²) in [5.74, 6) is 0.120. The lowest BCUT2D eigenvalue weighted by Gasteiger charge is -2.32. The van der Waals surface area contributed by atoms with Crippen LogP contribution in [0.15, 0.2) is 35.4 Å². The minimum Gasteiger partial charge on any atom is -0.381 e. The first-order valence-electron chi connectivity index (χ1n) is 5.71. The first kappa shape index (κ1) is 9.79. The number of fused-ring (bicyclic) bond motifs is 1. The van der Waals surface area contributed by atoms with Crippen LogP contribution in [0, 0.1) is 0 Å². The highest BCUT2D eigenvalue weighted by molar-refractivity contribution is 6.12. The van der Waals surface area contributed by atoms with E-state index in [-0.39, 0.29) is 5.78 Å². The van der Waals surface area contributed by atoms with Crippen LogP contribution in [-0.4, -0.2) is 10.9 Å². The molecule has 2 aliphatic carbocycles. The van der Waals surface area contributed by atoms with Gasteiger partial charge >= 0.3 is 0 Å². The van der Waals surface area contributed by atoms with Gasteiger partial charge in [-0.15, -0.1) is 0 Å². The lowest BCUT2D eigenvalue weighted by atomic mass is 9.76. The van der Waals surface area contributed by atoms with Crippen LogP contribution in [0.4, 0.5) is 0 Å². The Balaban J connectivity index is 2.29. The Bertz CT molecular complexity index is 509. The monoisotopic (exact) mass is 214 g/mol. The third-order valence-electron chi connectivity index (χ3n) is 3.78. The lowest BCUT2D eigenvalue weighted by molar-refractivity contribution is 0.0825. The topological polar surface area (TPSA) is 37.3 Å². The molecule has 16 heavy (non-hydrogen) atoms. The number of hydrogen-bond donors (Lipinski definition) is 1. The zero-order valence-electron chi connectivity index (χ0n) is 9.29. The van der Waals surface area contributed by atoms with Crippen molar-refractivity contribution in [3.05, 3.63) is 46.5 Å². The van der Waals surface area contributed by atoms with Gasteiger partial charge in [0.2, 0.25) is 0 Å². The van der Waals surface area contributed by atoms with Gasteiger partial charge in [-0.2, -0.15) is 0 Å². The fraction of sp³-hybridized carbons (Fsp3) is 0.357. The number of allylic oxidation sites excluding steroid dienone is 1. The second-order valence-corrected chi connectivity index (χ2v) is 4.76. The standard InChI is InChI=1S/C14H14O2/c1-14(16)11-7-3-2-5-9(11)13(15)10-6-4-8-12(10)14/h2-3,5,7,16H,4,6,8H2,1H3. The molecule has 0 bridgehead atoms. The normalized spacial score (nSPS) is 28.0. The molecule has 1 aromatic carbocycles. The number of Topliss-reactive ketones (excluding diaryl/α,β-unsaturated/α-hetero) is 1. The van der Waals surface area contributed by atoms with Gasteiger partial charge in [0.1, 0.15) is 5.60 Å². The van der Waals surface area contributed by atoms with Gasteiger partial charge in [0.05, 0.1) is 0 Å². The predicted octanol–water partition coefficient (Wildman–Crippen LogP) is 2.57. The maximum Gasteiger partial charge on any atom is 0.189 e. The van der Waals surface area contributed by atoms with Crippen molar-refractivity contribution in [1.82, 2.24) is 0 Å². The molecule has 0 saturated heterocycles. The van der Waals surface area contributed by atoms with E-state index in [1.807, 2.05) is 24.3 Å². The summed E-state index contributed by atoms with van der Waals surface area (Å²) < 4.78 is 0. The molecule has 0 aliphatic heterocycles. The first-order valence-corrected chi connectivity index (χ1v) is 5.71. The summed E-state index contributed by atoms with van der Waals surface area (Å²) in [5.41, 5.74) is 2.28. The number of carbonyl (C=O) groups excluding carboxylic acids is 1. The van der Waals surface area contributed by atoms with Crippen molar-refractivity contribution >= 4 is 5.78 Å². The molecule has 0 amide bonds. The van der Waals surface area contributed by atoms with Crippen LogP contribution in [0.5, 0.6) is 0 Å². The van der Waals surface area contributed by atoms with Gasteiger partial charge in [0, 0.05) is 11.1 Å². The first-order chi connectivity index (χ1) is 7.62. The number of aliphatic hydroxyl groups is 1. The Morgan fingerprint density at radius 2 is 2.00 bits per heavy atom. The second-order valence-electron chi connectivity index (χ2n) is 4.76. The van der Waals surface area contributed by atoms with E-state index < -0.39 is 5.60 Å². The molecule has 1 aromatic rings. The van der Waals surface area contributed by atoms with Crippen LogP contribution in [0.3, 0.4) is 0 Å². The molecular weight excluding hydrogens is 200 g/mol. The summed E-state index contributed by atoms with van der Waals surface area (Å²) in [6.45, 7) is 1.80. The highest BCUT2D eigenvalue weighted by Gasteiger charge is 2.41. The van der Waals surface area contributed by atoms with Crippen LogP contribution in [-0.2, 0) is 5.60 Å². The maximum absolute atomic E-state index is 12.2. The molecule has 2 nitrogen and oxygen atoms in total. The van der Waals surface area contributed by atoms with Crippen molar-refractivity contribution in [2.24, 2.45) is 0 Å². The zero-order valence-corrected chi connectivity index (χ0v) is 9.29.